The summed E-state index contributed by atoms with van der Waals surface area (Å²) in [5.74, 6) is 1.81. The summed E-state index contributed by atoms with van der Waals surface area (Å²) >= 11 is 0. The minimum Gasteiger partial charge on any atom is -0.493 e. The summed E-state index contributed by atoms with van der Waals surface area (Å²) < 4.78 is 10.8. The van der Waals surface area contributed by atoms with Crippen molar-refractivity contribution in [3.8, 4) is 5.75 Å². The number of amides is 1. The number of para-hydroxylation sites is 1. The first-order valence-corrected chi connectivity index (χ1v) is 7.01. The summed E-state index contributed by atoms with van der Waals surface area (Å²) in [5, 5.41) is 2.90. The molecule has 1 N–H and O–H groups in total. The van der Waals surface area contributed by atoms with E-state index in [1.54, 1.807) is 24.5 Å². The number of fused-ring (bicyclic) bond motifs is 1. The van der Waals surface area contributed by atoms with Gasteiger partial charge in [0.25, 0.3) is 0 Å². The number of hydrogen-bond acceptors (Lipinski definition) is 3. The molecule has 4 nitrogen and oxygen atoms in total. The summed E-state index contributed by atoms with van der Waals surface area (Å²) in [6.07, 6.45) is 5.64. The summed E-state index contributed by atoms with van der Waals surface area (Å²) in [6.45, 7) is 1.24. The fourth-order valence-corrected chi connectivity index (χ4v) is 2.37. The molecule has 0 fully saturated rings. The van der Waals surface area contributed by atoms with Gasteiger partial charge in [0.05, 0.1) is 12.9 Å². The first kappa shape index (κ1) is 13.5. The maximum absolute atomic E-state index is 11.7. The number of benzene rings is 1. The van der Waals surface area contributed by atoms with Crippen LogP contribution in [0.15, 0.2) is 53.2 Å². The standard InChI is InChI=1S/C17H17NO3/c19-17(8-7-15-5-3-9-20-15)18-11-13-10-14-4-1-2-6-16(14)21-12-13/h1-9,13H,10-12H2,(H,18,19). The van der Waals surface area contributed by atoms with Crippen molar-refractivity contribution in [2.24, 2.45) is 5.92 Å². The summed E-state index contributed by atoms with van der Waals surface area (Å²) in [6, 6.07) is 11.6. The molecule has 1 aromatic carbocycles. The molecule has 0 spiro atoms. The topological polar surface area (TPSA) is 51.5 Å². The molecule has 1 amide bonds. The molecule has 1 unspecified atom stereocenters. The predicted molar refractivity (Wildman–Crippen MR) is 79.9 cm³/mol. The lowest BCUT2D eigenvalue weighted by atomic mass is 9.97. The second-order valence-corrected chi connectivity index (χ2v) is 5.08. The van der Waals surface area contributed by atoms with E-state index in [0.29, 0.717) is 24.8 Å². The van der Waals surface area contributed by atoms with Crippen LogP contribution in [0.2, 0.25) is 0 Å². The maximum Gasteiger partial charge on any atom is 0.244 e. The first-order valence-electron chi connectivity index (χ1n) is 7.01. The van der Waals surface area contributed by atoms with Crippen molar-refractivity contribution in [1.82, 2.24) is 5.32 Å². The highest BCUT2D eigenvalue weighted by atomic mass is 16.5. The Labute approximate surface area is 123 Å². The summed E-state index contributed by atoms with van der Waals surface area (Å²) in [4.78, 5) is 11.7. The molecule has 2 heterocycles. The monoisotopic (exact) mass is 283 g/mol. The molecule has 0 bridgehead atoms. The van der Waals surface area contributed by atoms with Gasteiger partial charge in [-0.25, -0.2) is 0 Å². The van der Waals surface area contributed by atoms with Gasteiger partial charge < -0.3 is 14.5 Å². The van der Waals surface area contributed by atoms with Crippen LogP contribution in [0.1, 0.15) is 11.3 Å². The fraction of sp³-hybridized carbons (Fsp3) is 0.235. The van der Waals surface area contributed by atoms with E-state index < -0.39 is 0 Å². The molecule has 0 saturated heterocycles. The normalized spacial score (nSPS) is 17.2. The SMILES string of the molecule is O=C(C=Cc1ccco1)NCC1COc2ccccc2C1. The smallest absolute Gasteiger partial charge is 0.244 e. The van der Waals surface area contributed by atoms with Gasteiger partial charge in [-0.2, -0.15) is 0 Å². The summed E-state index contributed by atoms with van der Waals surface area (Å²) in [7, 11) is 0. The first-order chi connectivity index (χ1) is 10.3. The van der Waals surface area contributed by atoms with Gasteiger partial charge in [-0.1, -0.05) is 18.2 Å². The lowest BCUT2D eigenvalue weighted by molar-refractivity contribution is -0.116. The van der Waals surface area contributed by atoms with Crippen LogP contribution in [0.25, 0.3) is 6.08 Å². The Morgan fingerprint density at radius 1 is 1.29 bits per heavy atom. The zero-order valence-corrected chi connectivity index (χ0v) is 11.6. The Kier molecular flexibility index (Phi) is 4.05. The zero-order chi connectivity index (χ0) is 14.5. The number of nitrogens with one attached hydrogen (secondary N) is 1. The lowest BCUT2D eigenvalue weighted by Gasteiger charge is -2.25. The predicted octanol–water partition coefficient (Wildman–Crippen LogP) is 2.66. The highest BCUT2D eigenvalue weighted by Crippen LogP contribution is 2.26. The van der Waals surface area contributed by atoms with Crippen molar-refractivity contribution < 1.29 is 13.9 Å². The molecule has 2 aromatic rings. The van der Waals surface area contributed by atoms with Crippen LogP contribution in [-0.4, -0.2) is 19.1 Å². The van der Waals surface area contributed by atoms with Gasteiger partial charge in [-0.05, 0) is 36.3 Å². The molecule has 0 radical (unpaired) electrons. The Bertz CT molecular complexity index is 631. The molecule has 4 heteroatoms. The lowest BCUT2D eigenvalue weighted by Crippen LogP contribution is -2.33. The zero-order valence-electron chi connectivity index (χ0n) is 11.6. The summed E-state index contributed by atoms with van der Waals surface area (Å²) in [5.41, 5.74) is 1.20. The fourth-order valence-electron chi connectivity index (χ4n) is 2.37. The number of furan rings is 1. The number of ether oxygens (including phenoxy) is 1. The van der Waals surface area contributed by atoms with Crippen molar-refractivity contribution in [3.05, 3.63) is 60.1 Å². The van der Waals surface area contributed by atoms with Crippen LogP contribution in [0.3, 0.4) is 0 Å². The van der Waals surface area contributed by atoms with Crippen molar-refractivity contribution in [2.75, 3.05) is 13.2 Å². The Morgan fingerprint density at radius 2 is 2.19 bits per heavy atom. The van der Waals surface area contributed by atoms with E-state index in [9.17, 15) is 4.79 Å². The third kappa shape index (κ3) is 3.54. The average molecular weight is 283 g/mol. The third-order valence-corrected chi connectivity index (χ3v) is 3.46. The van der Waals surface area contributed by atoms with E-state index in [0.717, 1.165) is 12.2 Å². The van der Waals surface area contributed by atoms with Crippen LogP contribution < -0.4 is 10.1 Å². The molecular formula is C17H17NO3. The molecule has 3 rings (SSSR count). The highest BCUT2D eigenvalue weighted by molar-refractivity contribution is 5.91. The Balaban J connectivity index is 1.49. The van der Waals surface area contributed by atoms with Crippen molar-refractivity contribution in [1.29, 1.82) is 0 Å². The number of hydrogen-bond donors (Lipinski definition) is 1. The van der Waals surface area contributed by atoms with Gasteiger partial charge in [-0.3, -0.25) is 4.79 Å². The third-order valence-electron chi connectivity index (χ3n) is 3.46. The molecule has 108 valence electrons. The molecule has 0 aliphatic carbocycles. The number of rotatable bonds is 4. The van der Waals surface area contributed by atoms with E-state index in [1.807, 2.05) is 18.2 Å². The van der Waals surface area contributed by atoms with E-state index in [4.69, 9.17) is 9.15 Å². The maximum atomic E-state index is 11.7. The Hall–Kier alpha value is -2.49. The van der Waals surface area contributed by atoms with Crippen molar-refractivity contribution in [3.63, 3.8) is 0 Å². The van der Waals surface area contributed by atoms with E-state index in [2.05, 4.69) is 11.4 Å². The molecule has 21 heavy (non-hydrogen) atoms. The van der Waals surface area contributed by atoms with Gasteiger partial charge >= 0.3 is 0 Å². The van der Waals surface area contributed by atoms with Crippen LogP contribution >= 0.6 is 0 Å². The van der Waals surface area contributed by atoms with Gasteiger partial charge in [0.2, 0.25) is 5.91 Å². The largest absolute Gasteiger partial charge is 0.493 e. The van der Waals surface area contributed by atoms with Crippen molar-refractivity contribution >= 4 is 12.0 Å². The molecule has 1 aliphatic rings. The van der Waals surface area contributed by atoms with Crippen LogP contribution in [0, 0.1) is 5.92 Å². The minimum absolute atomic E-state index is 0.120. The molecule has 1 aromatic heterocycles. The van der Waals surface area contributed by atoms with Crippen LogP contribution in [0.4, 0.5) is 0 Å². The molecule has 1 atom stereocenters. The van der Waals surface area contributed by atoms with Gasteiger partial charge in [0.15, 0.2) is 0 Å². The molecule has 1 aliphatic heterocycles. The van der Waals surface area contributed by atoms with Crippen LogP contribution in [-0.2, 0) is 11.2 Å². The number of carbonyl (C=O) groups is 1. The average Bonchev–Trinajstić information content (AvgIpc) is 3.04. The quantitative estimate of drug-likeness (QED) is 0.878. The second kappa shape index (κ2) is 6.31. The van der Waals surface area contributed by atoms with Crippen LogP contribution in [0.5, 0.6) is 5.75 Å². The number of carbonyl (C=O) groups excluding carboxylic acids is 1. The highest BCUT2D eigenvalue weighted by Gasteiger charge is 2.19. The van der Waals surface area contributed by atoms with Gasteiger partial charge in [0.1, 0.15) is 11.5 Å². The van der Waals surface area contributed by atoms with Crippen molar-refractivity contribution in [2.45, 2.75) is 6.42 Å². The van der Waals surface area contributed by atoms with E-state index in [1.165, 1.54) is 11.6 Å². The Morgan fingerprint density at radius 3 is 3.05 bits per heavy atom. The molecule has 0 saturated carbocycles. The van der Waals surface area contributed by atoms with E-state index >= 15 is 0 Å². The van der Waals surface area contributed by atoms with Gasteiger partial charge in [-0.15, -0.1) is 0 Å². The van der Waals surface area contributed by atoms with E-state index in [-0.39, 0.29) is 5.91 Å². The second-order valence-electron chi connectivity index (χ2n) is 5.08. The van der Waals surface area contributed by atoms with Gasteiger partial charge in [0, 0.05) is 18.5 Å². The molecular weight excluding hydrogens is 266 g/mol. The minimum atomic E-state index is -0.120.